The van der Waals surface area contributed by atoms with Crippen LogP contribution in [0.25, 0.3) is 0 Å². The lowest BCUT2D eigenvalue weighted by Gasteiger charge is -2.06. The highest BCUT2D eigenvalue weighted by Crippen LogP contribution is 2.27. The van der Waals surface area contributed by atoms with Gasteiger partial charge in [0.05, 0.1) is 4.92 Å². The third kappa shape index (κ3) is 3.78. The third-order valence-corrected chi connectivity index (χ3v) is 2.08. The Morgan fingerprint density at radius 3 is 2.88 bits per heavy atom. The molecule has 1 aromatic rings. The van der Waals surface area contributed by atoms with Crippen LogP contribution in [-0.4, -0.2) is 18.6 Å². The first-order valence-corrected chi connectivity index (χ1v) is 5.13. The maximum Gasteiger partial charge on any atom is 0.310 e. The minimum absolute atomic E-state index is 0.0391. The number of benzene rings is 1. The number of hydrogen-bond acceptors (Lipinski definition) is 4. The van der Waals surface area contributed by atoms with Crippen molar-refractivity contribution in [3.05, 3.63) is 33.9 Å². The van der Waals surface area contributed by atoms with Gasteiger partial charge in [-0.2, -0.15) is 0 Å². The first-order chi connectivity index (χ1) is 8.19. The van der Waals surface area contributed by atoms with Crippen molar-refractivity contribution in [1.29, 1.82) is 0 Å². The normalized spacial score (nSPS) is 9.29. The Labute approximate surface area is 99.9 Å². The summed E-state index contributed by atoms with van der Waals surface area (Å²) in [6.07, 6.45) is 0. The number of nitro groups is 1. The monoisotopic (exact) mass is 234 g/mol. The van der Waals surface area contributed by atoms with Crippen LogP contribution in [0.3, 0.4) is 0 Å². The number of nitrogens with one attached hydrogen (secondary N) is 1. The number of nitro benzene ring substituents is 1. The lowest BCUT2D eigenvalue weighted by Crippen LogP contribution is -2.06. The summed E-state index contributed by atoms with van der Waals surface area (Å²) in [4.78, 5) is 10.3. The van der Waals surface area contributed by atoms with Gasteiger partial charge in [0, 0.05) is 12.6 Å². The van der Waals surface area contributed by atoms with Crippen LogP contribution in [-0.2, 0) is 6.54 Å². The quantitative estimate of drug-likeness (QED) is 0.478. The van der Waals surface area contributed by atoms with Gasteiger partial charge in [-0.25, -0.2) is 0 Å². The van der Waals surface area contributed by atoms with Crippen LogP contribution in [0.2, 0.25) is 0 Å². The summed E-state index contributed by atoms with van der Waals surface area (Å²) in [5.41, 5.74) is 0.889. The summed E-state index contributed by atoms with van der Waals surface area (Å²) in [6.45, 7) is 2.48. The van der Waals surface area contributed by atoms with Gasteiger partial charge in [-0.05, 0) is 25.6 Å². The molecule has 0 amide bonds. The Bertz CT molecular complexity index is 461. The fourth-order valence-electron chi connectivity index (χ4n) is 1.33. The molecular formula is C12H14N2O3. The smallest absolute Gasteiger partial charge is 0.310 e. The van der Waals surface area contributed by atoms with E-state index in [9.17, 15) is 10.1 Å². The molecule has 0 aliphatic carbocycles. The van der Waals surface area contributed by atoms with Crippen LogP contribution in [0.1, 0.15) is 12.5 Å². The number of hydrogen-bond donors (Lipinski definition) is 1. The molecule has 17 heavy (non-hydrogen) atoms. The Morgan fingerprint density at radius 1 is 1.53 bits per heavy atom. The maximum atomic E-state index is 10.8. The summed E-state index contributed by atoms with van der Waals surface area (Å²) in [7, 11) is 1.81. The van der Waals surface area contributed by atoms with Crippen molar-refractivity contribution in [3.8, 4) is 17.6 Å². The molecule has 0 spiro atoms. The van der Waals surface area contributed by atoms with Crippen molar-refractivity contribution in [1.82, 2.24) is 5.32 Å². The number of ether oxygens (including phenoxy) is 1. The Kier molecular flexibility index (Phi) is 4.98. The molecule has 0 heterocycles. The minimum Gasteiger partial charge on any atom is -0.474 e. The van der Waals surface area contributed by atoms with E-state index in [1.807, 2.05) is 7.05 Å². The fraction of sp³-hybridized carbons (Fsp3) is 0.333. The zero-order chi connectivity index (χ0) is 12.7. The van der Waals surface area contributed by atoms with Crippen molar-refractivity contribution < 1.29 is 9.66 Å². The molecule has 5 nitrogen and oxygen atoms in total. The van der Waals surface area contributed by atoms with Crippen molar-refractivity contribution >= 4 is 5.69 Å². The second-order valence-electron chi connectivity index (χ2n) is 3.30. The summed E-state index contributed by atoms with van der Waals surface area (Å²) in [5.74, 6) is 5.63. The molecule has 0 aliphatic rings. The van der Waals surface area contributed by atoms with Crippen molar-refractivity contribution in [2.24, 2.45) is 0 Å². The molecule has 0 saturated heterocycles. The van der Waals surface area contributed by atoms with E-state index in [0.29, 0.717) is 6.54 Å². The zero-order valence-electron chi connectivity index (χ0n) is 9.82. The molecule has 0 unspecified atom stereocenters. The molecule has 1 N–H and O–H groups in total. The zero-order valence-corrected chi connectivity index (χ0v) is 9.82. The van der Waals surface area contributed by atoms with Gasteiger partial charge in [0.2, 0.25) is 0 Å². The summed E-state index contributed by atoms with van der Waals surface area (Å²) in [6, 6.07) is 4.81. The van der Waals surface area contributed by atoms with Gasteiger partial charge in [-0.1, -0.05) is 12.0 Å². The van der Waals surface area contributed by atoms with Crippen LogP contribution >= 0.6 is 0 Å². The summed E-state index contributed by atoms with van der Waals surface area (Å²) in [5, 5.41) is 13.8. The second kappa shape index (κ2) is 6.51. The molecule has 0 aliphatic heterocycles. The number of rotatable bonds is 5. The lowest BCUT2D eigenvalue weighted by molar-refractivity contribution is -0.385. The lowest BCUT2D eigenvalue weighted by atomic mass is 10.2. The molecule has 0 radical (unpaired) electrons. The molecule has 5 heteroatoms. The van der Waals surface area contributed by atoms with Gasteiger partial charge in [0.25, 0.3) is 0 Å². The average molecular weight is 234 g/mol. The van der Waals surface area contributed by atoms with Crippen LogP contribution < -0.4 is 10.1 Å². The topological polar surface area (TPSA) is 64.4 Å². The SMILES string of the molecule is CC#CCOc1cc(CNC)ccc1[N+](=O)[O-]. The van der Waals surface area contributed by atoms with Crippen LogP contribution in [0, 0.1) is 22.0 Å². The molecule has 1 rings (SSSR count). The minimum atomic E-state index is -0.460. The average Bonchev–Trinajstić information content (AvgIpc) is 2.30. The first kappa shape index (κ1) is 13.0. The summed E-state index contributed by atoms with van der Waals surface area (Å²) >= 11 is 0. The third-order valence-electron chi connectivity index (χ3n) is 2.08. The van der Waals surface area contributed by atoms with Crippen LogP contribution in [0.4, 0.5) is 5.69 Å². The van der Waals surface area contributed by atoms with E-state index in [2.05, 4.69) is 17.2 Å². The van der Waals surface area contributed by atoms with E-state index < -0.39 is 4.92 Å². The summed E-state index contributed by atoms with van der Waals surface area (Å²) < 4.78 is 5.28. The van der Waals surface area contributed by atoms with Crippen molar-refractivity contribution in [2.45, 2.75) is 13.5 Å². The fourth-order valence-corrected chi connectivity index (χ4v) is 1.33. The van der Waals surface area contributed by atoms with E-state index in [1.165, 1.54) is 6.07 Å². The van der Waals surface area contributed by atoms with Gasteiger partial charge in [0.1, 0.15) is 6.61 Å². The van der Waals surface area contributed by atoms with Crippen LogP contribution in [0.15, 0.2) is 18.2 Å². The molecule has 0 atom stereocenters. The van der Waals surface area contributed by atoms with E-state index in [4.69, 9.17) is 4.74 Å². The molecule has 90 valence electrons. The highest BCUT2D eigenvalue weighted by Gasteiger charge is 2.15. The van der Waals surface area contributed by atoms with Gasteiger partial charge < -0.3 is 10.1 Å². The highest BCUT2D eigenvalue weighted by atomic mass is 16.6. The Balaban J connectivity index is 2.96. The Morgan fingerprint density at radius 2 is 2.29 bits per heavy atom. The van der Waals surface area contributed by atoms with E-state index in [0.717, 1.165) is 5.56 Å². The standard InChI is InChI=1S/C12H14N2O3/c1-3-4-7-17-12-8-10(9-13-2)5-6-11(12)14(15)16/h5-6,8,13H,7,9H2,1-2H3. The van der Waals surface area contributed by atoms with Crippen molar-refractivity contribution in [3.63, 3.8) is 0 Å². The molecular weight excluding hydrogens is 220 g/mol. The molecule has 0 saturated carbocycles. The molecule has 0 bridgehead atoms. The van der Waals surface area contributed by atoms with Gasteiger partial charge in [-0.3, -0.25) is 10.1 Å². The number of nitrogens with zero attached hydrogens (tertiary/aromatic N) is 1. The van der Waals surface area contributed by atoms with E-state index >= 15 is 0 Å². The molecule has 0 fully saturated rings. The van der Waals surface area contributed by atoms with Crippen molar-refractivity contribution in [2.75, 3.05) is 13.7 Å². The van der Waals surface area contributed by atoms with E-state index in [1.54, 1.807) is 19.1 Å². The van der Waals surface area contributed by atoms with Crippen LogP contribution in [0.5, 0.6) is 5.75 Å². The predicted octanol–water partition coefficient (Wildman–Crippen LogP) is 1.72. The molecule has 0 aromatic heterocycles. The van der Waals surface area contributed by atoms with Gasteiger partial charge in [0.15, 0.2) is 5.75 Å². The Hall–Kier alpha value is -2.06. The van der Waals surface area contributed by atoms with Gasteiger partial charge >= 0.3 is 5.69 Å². The van der Waals surface area contributed by atoms with Gasteiger partial charge in [-0.15, -0.1) is 5.92 Å². The highest BCUT2D eigenvalue weighted by molar-refractivity contribution is 5.48. The largest absolute Gasteiger partial charge is 0.474 e. The second-order valence-corrected chi connectivity index (χ2v) is 3.30. The predicted molar refractivity (Wildman–Crippen MR) is 64.8 cm³/mol. The molecule has 1 aromatic carbocycles. The maximum absolute atomic E-state index is 10.8. The van der Waals surface area contributed by atoms with E-state index in [-0.39, 0.29) is 18.0 Å². The first-order valence-electron chi connectivity index (χ1n) is 5.13.